The third kappa shape index (κ3) is 4.67. The van der Waals surface area contributed by atoms with Gasteiger partial charge in [-0.2, -0.15) is 0 Å². The lowest BCUT2D eigenvalue weighted by molar-refractivity contribution is -0.225. The van der Waals surface area contributed by atoms with Crippen molar-refractivity contribution in [3.8, 4) is 0 Å². The Morgan fingerprint density at radius 1 is 0.972 bits per heavy atom. The quantitative estimate of drug-likeness (QED) is 0.313. The number of carbonyl (C=O) groups excluding carboxylic acids is 2. The molecule has 0 spiro atoms. The van der Waals surface area contributed by atoms with Crippen molar-refractivity contribution in [3.63, 3.8) is 0 Å². The van der Waals surface area contributed by atoms with E-state index in [2.05, 4.69) is 40.7 Å². The van der Waals surface area contributed by atoms with Gasteiger partial charge in [0.05, 0.1) is 0 Å². The number of allylic oxidation sites excluding steroid dienone is 1. The summed E-state index contributed by atoms with van der Waals surface area (Å²) in [5, 5.41) is 12.3. The predicted octanol–water partition coefficient (Wildman–Crippen LogP) is 6.62. The van der Waals surface area contributed by atoms with Crippen molar-refractivity contribution in [2.24, 2.45) is 40.4 Å². The third-order valence-electron chi connectivity index (χ3n) is 11.0. The number of esters is 2. The maximum absolute atomic E-state index is 12.3. The average molecular weight is 503 g/mol. The van der Waals surface area contributed by atoms with Crippen LogP contribution in [0, 0.1) is 40.4 Å². The van der Waals surface area contributed by atoms with Crippen LogP contribution in [0.1, 0.15) is 113 Å². The van der Waals surface area contributed by atoms with Crippen LogP contribution in [-0.4, -0.2) is 34.9 Å². The van der Waals surface area contributed by atoms with Gasteiger partial charge in [0.1, 0.15) is 17.8 Å². The number of aliphatic hydroxyl groups is 1. The molecule has 5 heteroatoms. The summed E-state index contributed by atoms with van der Waals surface area (Å²) in [5.74, 6) is 2.27. The zero-order chi connectivity index (χ0) is 26.5. The fraction of sp³-hybridized carbons (Fsp3) is 0.871. The number of hydrogen-bond donors (Lipinski definition) is 1. The molecule has 9 atom stereocenters. The molecule has 1 N–H and O–H groups in total. The van der Waals surface area contributed by atoms with Gasteiger partial charge in [0.25, 0.3) is 0 Å². The first kappa shape index (κ1) is 27.7. The molecule has 0 saturated heterocycles. The minimum atomic E-state index is -1.24. The van der Waals surface area contributed by atoms with Crippen LogP contribution >= 0.6 is 0 Å². The Balaban J connectivity index is 1.64. The second-order valence-corrected chi connectivity index (χ2v) is 13.6. The molecule has 4 aliphatic rings. The van der Waals surface area contributed by atoms with E-state index in [0.717, 1.165) is 37.0 Å². The Bertz CT molecular complexity index is 878. The predicted molar refractivity (Wildman–Crippen MR) is 141 cm³/mol. The van der Waals surface area contributed by atoms with Gasteiger partial charge in [0.2, 0.25) is 0 Å². The number of rotatable bonds is 7. The van der Waals surface area contributed by atoms with E-state index in [4.69, 9.17) is 9.47 Å². The van der Waals surface area contributed by atoms with Gasteiger partial charge in [0.15, 0.2) is 0 Å². The normalized spacial score (nSPS) is 42.6. The van der Waals surface area contributed by atoms with Gasteiger partial charge in [0, 0.05) is 25.7 Å². The first-order valence-electron chi connectivity index (χ1n) is 14.6. The Kier molecular flexibility index (Phi) is 7.74. The van der Waals surface area contributed by atoms with Crippen molar-refractivity contribution < 1.29 is 24.2 Å². The molecule has 0 aromatic carbocycles. The minimum Gasteiger partial charge on any atom is -0.462 e. The molecule has 0 heterocycles. The van der Waals surface area contributed by atoms with Crippen molar-refractivity contribution >= 4 is 11.9 Å². The standard InChI is InChI=1S/C31H50O5/c1-19(2)9-8-10-20(3)25-11-12-26-24-17-28(36-22(5)33)31(34)18-23(35-21(4)32)13-16-30(31,7)27(24)14-15-29(25,26)6/h17,19-20,23,25-28,34H,8-16,18H2,1-7H3/t20-,23+,25-,26+,27+,28-,29-,30-,31+/m1/s1. The second-order valence-electron chi connectivity index (χ2n) is 13.6. The fourth-order valence-electron chi connectivity index (χ4n) is 9.17. The first-order chi connectivity index (χ1) is 16.8. The highest BCUT2D eigenvalue weighted by molar-refractivity contribution is 5.67. The SMILES string of the molecule is CC(=O)O[C@H]1CC[C@]2(C)[C@H]3CC[C@]4(C)[C@@H]([C@H](C)CCCC(C)C)CC[C@H]4C3=C[C@@H](OC(C)=O)[C@@]2(O)C1. The summed E-state index contributed by atoms with van der Waals surface area (Å²) in [6, 6.07) is 0. The molecule has 0 bridgehead atoms. The van der Waals surface area contributed by atoms with Crippen molar-refractivity contribution in [3.05, 3.63) is 11.6 Å². The lowest BCUT2D eigenvalue weighted by Gasteiger charge is -2.62. The number of carbonyl (C=O) groups is 2. The van der Waals surface area contributed by atoms with Crippen LogP contribution in [0.2, 0.25) is 0 Å². The third-order valence-corrected chi connectivity index (χ3v) is 11.0. The molecule has 36 heavy (non-hydrogen) atoms. The molecule has 3 saturated carbocycles. The molecule has 0 amide bonds. The van der Waals surface area contributed by atoms with E-state index in [9.17, 15) is 14.7 Å². The summed E-state index contributed by atoms with van der Waals surface area (Å²) in [7, 11) is 0. The van der Waals surface area contributed by atoms with Gasteiger partial charge in [-0.15, -0.1) is 0 Å². The number of ether oxygens (including phenoxy) is 2. The molecule has 5 nitrogen and oxygen atoms in total. The fourth-order valence-corrected chi connectivity index (χ4v) is 9.17. The van der Waals surface area contributed by atoms with E-state index >= 15 is 0 Å². The van der Waals surface area contributed by atoms with E-state index in [1.165, 1.54) is 57.9 Å². The largest absolute Gasteiger partial charge is 0.462 e. The highest BCUT2D eigenvalue weighted by Gasteiger charge is 2.66. The van der Waals surface area contributed by atoms with Gasteiger partial charge < -0.3 is 14.6 Å². The number of hydrogen-bond acceptors (Lipinski definition) is 5. The van der Waals surface area contributed by atoms with Crippen LogP contribution in [-0.2, 0) is 19.1 Å². The molecular weight excluding hydrogens is 452 g/mol. The molecule has 0 aromatic heterocycles. The highest BCUT2D eigenvalue weighted by atomic mass is 16.6. The molecule has 0 aromatic rings. The summed E-state index contributed by atoms with van der Waals surface area (Å²) < 4.78 is 11.4. The van der Waals surface area contributed by atoms with E-state index in [1.54, 1.807) is 0 Å². The Hall–Kier alpha value is -1.36. The Labute approximate surface area is 218 Å². The summed E-state index contributed by atoms with van der Waals surface area (Å²) in [6.07, 6.45) is 11.6. The minimum absolute atomic E-state index is 0.265. The monoisotopic (exact) mass is 502 g/mol. The summed E-state index contributed by atoms with van der Waals surface area (Å²) in [6.45, 7) is 14.7. The summed E-state index contributed by atoms with van der Waals surface area (Å²) >= 11 is 0. The van der Waals surface area contributed by atoms with Gasteiger partial charge in [-0.3, -0.25) is 9.59 Å². The Morgan fingerprint density at radius 3 is 2.31 bits per heavy atom. The molecular formula is C31H50O5. The zero-order valence-corrected chi connectivity index (χ0v) is 23.8. The molecule has 0 unspecified atom stereocenters. The maximum Gasteiger partial charge on any atom is 0.303 e. The zero-order valence-electron chi connectivity index (χ0n) is 23.8. The summed E-state index contributed by atoms with van der Waals surface area (Å²) in [5.41, 5.74) is 0.0585. The average Bonchev–Trinajstić information content (AvgIpc) is 3.12. The van der Waals surface area contributed by atoms with Crippen LogP contribution < -0.4 is 0 Å². The first-order valence-corrected chi connectivity index (χ1v) is 14.6. The lowest BCUT2D eigenvalue weighted by atomic mass is 9.45. The molecule has 4 rings (SSSR count). The molecule has 0 radical (unpaired) electrons. The lowest BCUT2D eigenvalue weighted by Crippen LogP contribution is -2.66. The molecule has 204 valence electrons. The van der Waals surface area contributed by atoms with Crippen LogP contribution in [0.5, 0.6) is 0 Å². The van der Waals surface area contributed by atoms with Gasteiger partial charge >= 0.3 is 11.9 Å². The van der Waals surface area contributed by atoms with Crippen molar-refractivity contribution in [1.82, 2.24) is 0 Å². The van der Waals surface area contributed by atoms with E-state index in [1.807, 2.05) is 0 Å². The van der Waals surface area contributed by atoms with Crippen molar-refractivity contribution in [2.45, 2.75) is 130 Å². The van der Waals surface area contributed by atoms with Gasteiger partial charge in [-0.05, 0) is 79.6 Å². The summed E-state index contributed by atoms with van der Waals surface area (Å²) in [4.78, 5) is 23.9. The van der Waals surface area contributed by atoms with Crippen LogP contribution in [0.25, 0.3) is 0 Å². The van der Waals surface area contributed by atoms with Crippen molar-refractivity contribution in [2.75, 3.05) is 0 Å². The molecule has 3 fully saturated rings. The molecule has 4 aliphatic carbocycles. The van der Waals surface area contributed by atoms with E-state index in [-0.39, 0.29) is 29.4 Å². The second kappa shape index (κ2) is 10.1. The van der Waals surface area contributed by atoms with E-state index in [0.29, 0.717) is 12.3 Å². The van der Waals surface area contributed by atoms with Crippen LogP contribution in [0.15, 0.2) is 11.6 Å². The highest BCUT2D eigenvalue weighted by Crippen LogP contribution is 2.68. The van der Waals surface area contributed by atoms with Gasteiger partial charge in [-0.25, -0.2) is 0 Å². The maximum atomic E-state index is 12.3. The van der Waals surface area contributed by atoms with Crippen LogP contribution in [0.3, 0.4) is 0 Å². The topological polar surface area (TPSA) is 72.8 Å². The van der Waals surface area contributed by atoms with E-state index < -0.39 is 17.1 Å². The Morgan fingerprint density at radius 2 is 1.67 bits per heavy atom. The number of fused-ring (bicyclic) bond motifs is 5. The smallest absolute Gasteiger partial charge is 0.303 e. The molecule has 0 aliphatic heterocycles. The van der Waals surface area contributed by atoms with Crippen molar-refractivity contribution in [1.29, 1.82) is 0 Å². The van der Waals surface area contributed by atoms with Gasteiger partial charge in [-0.1, -0.05) is 59.5 Å². The van der Waals surface area contributed by atoms with Crippen LogP contribution in [0.4, 0.5) is 0 Å².